The second-order valence-electron chi connectivity index (χ2n) is 10.2. The summed E-state index contributed by atoms with van der Waals surface area (Å²) in [6.07, 6.45) is 0.697. The smallest absolute Gasteiger partial charge is 0.411 e. The lowest BCUT2D eigenvalue weighted by Gasteiger charge is -2.21. The van der Waals surface area contributed by atoms with E-state index in [9.17, 15) is 14.7 Å². The van der Waals surface area contributed by atoms with E-state index in [-0.39, 0.29) is 18.2 Å². The number of hydrogen-bond acceptors (Lipinski definition) is 5. The summed E-state index contributed by atoms with van der Waals surface area (Å²) in [5.41, 5.74) is 5.59. The van der Waals surface area contributed by atoms with Crippen LogP contribution in [0.4, 0.5) is 4.79 Å². The summed E-state index contributed by atoms with van der Waals surface area (Å²) in [6.45, 7) is 4.21. The maximum Gasteiger partial charge on any atom is 0.411 e. The molecule has 1 saturated carbocycles. The molecular formula is C31H28N2O5. The maximum absolute atomic E-state index is 12.8. The Morgan fingerprint density at radius 1 is 0.974 bits per heavy atom. The Bertz CT molecular complexity index is 1490. The Morgan fingerprint density at radius 3 is 2.18 bits per heavy atom. The highest BCUT2D eigenvalue weighted by molar-refractivity contribution is 5.85. The molecule has 1 aliphatic carbocycles. The first kappa shape index (κ1) is 24.0. The van der Waals surface area contributed by atoms with Gasteiger partial charge in [-0.25, -0.2) is 4.79 Å². The fourth-order valence-corrected chi connectivity index (χ4v) is 5.32. The first-order chi connectivity index (χ1) is 18.4. The van der Waals surface area contributed by atoms with Crippen LogP contribution in [0.3, 0.4) is 0 Å². The van der Waals surface area contributed by atoms with Gasteiger partial charge in [-0.05, 0) is 48.9 Å². The molecular weight excluding hydrogens is 480 g/mol. The van der Waals surface area contributed by atoms with E-state index < -0.39 is 11.4 Å². The van der Waals surface area contributed by atoms with Crippen LogP contribution < -0.4 is 0 Å². The third-order valence-electron chi connectivity index (χ3n) is 7.91. The van der Waals surface area contributed by atoms with Gasteiger partial charge in [0.05, 0.1) is 23.7 Å². The molecule has 4 aromatic rings. The van der Waals surface area contributed by atoms with Gasteiger partial charge in [0.15, 0.2) is 5.76 Å². The Labute approximate surface area is 220 Å². The van der Waals surface area contributed by atoms with Gasteiger partial charge in [0.1, 0.15) is 6.10 Å². The van der Waals surface area contributed by atoms with Gasteiger partial charge in [0.25, 0.3) is 0 Å². The number of benzene rings is 3. The van der Waals surface area contributed by atoms with Gasteiger partial charge < -0.3 is 14.4 Å². The number of ether oxygens (including phenoxy) is 1. The molecule has 1 amide bonds. The number of cyclic esters (lactones) is 1. The van der Waals surface area contributed by atoms with Crippen molar-refractivity contribution in [1.82, 2.24) is 10.1 Å². The lowest BCUT2D eigenvalue weighted by Crippen LogP contribution is -2.31. The summed E-state index contributed by atoms with van der Waals surface area (Å²) < 4.78 is 11.4. The van der Waals surface area contributed by atoms with Crippen LogP contribution >= 0.6 is 0 Å². The van der Waals surface area contributed by atoms with Crippen LogP contribution in [-0.2, 0) is 21.5 Å². The number of rotatable bonds is 7. The van der Waals surface area contributed by atoms with Crippen LogP contribution in [0, 0.1) is 6.92 Å². The molecule has 2 heterocycles. The number of amides is 1. The number of carbonyl (C=O) groups excluding carboxylic acids is 1. The Kier molecular flexibility index (Phi) is 5.79. The highest BCUT2D eigenvalue weighted by Gasteiger charge is 2.51. The van der Waals surface area contributed by atoms with Gasteiger partial charge >= 0.3 is 12.1 Å². The van der Waals surface area contributed by atoms with E-state index in [1.165, 1.54) is 0 Å². The number of aromatic nitrogens is 1. The van der Waals surface area contributed by atoms with Crippen molar-refractivity contribution in [2.75, 3.05) is 0 Å². The standard InChI is InChI=1S/C31H28N2O5/c1-19-26(18-33-20(2)27(37-30(33)36)23-6-4-3-5-7-23)28(38-32-19)24-10-8-21(9-11-24)22-12-14-25(15-13-22)31(16-17-31)29(34)35/h3-15,20,27H,16-18H2,1-2H3,(H,34,35). The monoisotopic (exact) mass is 508 g/mol. The van der Waals surface area contributed by atoms with Crippen molar-refractivity contribution in [2.45, 2.75) is 50.8 Å². The average molecular weight is 509 g/mol. The van der Waals surface area contributed by atoms with Crippen LogP contribution in [0.15, 0.2) is 83.4 Å². The molecule has 1 aromatic heterocycles. The van der Waals surface area contributed by atoms with Crippen LogP contribution in [0.2, 0.25) is 0 Å². The van der Waals surface area contributed by atoms with E-state index in [2.05, 4.69) is 5.16 Å². The quantitative estimate of drug-likeness (QED) is 0.306. The Hall–Kier alpha value is -4.39. The first-order valence-corrected chi connectivity index (χ1v) is 12.8. The van der Waals surface area contributed by atoms with Crippen LogP contribution in [0.25, 0.3) is 22.5 Å². The minimum absolute atomic E-state index is 0.145. The van der Waals surface area contributed by atoms with E-state index in [1.54, 1.807) is 4.90 Å². The highest BCUT2D eigenvalue weighted by atomic mass is 16.6. The molecule has 0 radical (unpaired) electrons. The van der Waals surface area contributed by atoms with Crippen LogP contribution in [0.1, 0.15) is 48.3 Å². The molecule has 0 spiro atoms. The number of carboxylic acid groups (broad SMARTS) is 1. The summed E-state index contributed by atoms with van der Waals surface area (Å²) in [7, 11) is 0. The van der Waals surface area contributed by atoms with Crippen molar-refractivity contribution in [3.05, 3.63) is 101 Å². The topological polar surface area (TPSA) is 92.9 Å². The fourth-order valence-electron chi connectivity index (χ4n) is 5.32. The number of aliphatic carboxylic acids is 1. The highest BCUT2D eigenvalue weighted by Crippen LogP contribution is 2.48. The van der Waals surface area contributed by atoms with Gasteiger partial charge in [-0.3, -0.25) is 9.69 Å². The lowest BCUT2D eigenvalue weighted by atomic mass is 9.93. The van der Waals surface area contributed by atoms with E-state index in [4.69, 9.17) is 9.26 Å². The first-order valence-electron chi connectivity index (χ1n) is 12.8. The van der Waals surface area contributed by atoms with Crippen molar-refractivity contribution < 1.29 is 24.0 Å². The largest absolute Gasteiger partial charge is 0.481 e. The normalized spacial score (nSPS) is 19.8. The molecule has 3 aromatic carbocycles. The summed E-state index contributed by atoms with van der Waals surface area (Å²) in [5, 5.41) is 13.7. The summed E-state index contributed by atoms with van der Waals surface area (Å²) in [4.78, 5) is 26.1. The van der Waals surface area contributed by atoms with E-state index in [0.29, 0.717) is 25.1 Å². The van der Waals surface area contributed by atoms with Crippen LogP contribution in [0.5, 0.6) is 0 Å². The molecule has 0 bridgehead atoms. The number of carboxylic acids is 1. The van der Waals surface area contributed by atoms with Crippen molar-refractivity contribution in [1.29, 1.82) is 0 Å². The van der Waals surface area contributed by atoms with E-state index in [1.807, 2.05) is 92.7 Å². The van der Waals surface area contributed by atoms with Gasteiger partial charge in [0.2, 0.25) is 0 Å². The zero-order chi connectivity index (χ0) is 26.4. The summed E-state index contributed by atoms with van der Waals surface area (Å²) in [5.74, 6) is -0.121. The van der Waals surface area contributed by atoms with Gasteiger partial charge in [-0.2, -0.15) is 0 Å². The molecule has 2 unspecified atom stereocenters. The third-order valence-corrected chi connectivity index (χ3v) is 7.91. The second-order valence-corrected chi connectivity index (χ2v) is 10.2. The number of carbonyl (C=O) groups is 2. The number of nitrogens with zero attached hydrogens (tertiary/aromatic N) is 2. The predicted octanol–water partition coefficient (Wildman–Crippen LogP) is 6.52. The Morgan fingerprint density at radius 2 is 1.58 bits per heavy atom. The third kappa shape index (κ3) is 4.04. The minimum Gasteiger partial charge on any atom is -0.481 e. The molecule has 7 nitrogen and oxygen atoms in total. The van der Waals surface area contributed by atoms with Gasteiger partial charge in [0, 0.05) is 11.1 Å². The molecule has 1 saturated heterocycles. The fraction of sp³-hybridized carbons (Fsp3) is 0.258. The minimum atomic E-state index is -0.750. The van der Waals surface area contributed by atoms with Crippen LogP contribution in [-0.4, -0.2) is 33.3 Å². The molecule has 2 fully saturated rings. The SMILES string of the molecule is Cc1noc(-c2ccc(-c3ccc(C4(C(=O)O)CC4)cc3)cc2)c1CN1C(=O)OC(c2ccccc2)C1C. The molecule has 1 N–H and O–H groups in total. The molecule has 2 aliphatic rings. The average Bonchev–Trinajstić information content (AvgIpc) is 3.62. The second kappa shape index (κ2) is 9.17. The summed E-state index contributed by atoms with van der Waals surface area (Å²) >= 11 is 0. The Balaban J connectivity index is 1.22. The van der Waals surface area contributed by atoms with Gasteiger partial charge in [-0.1, -0.05) is 84.0 Å². The molecule has 2 atom stereocenters. The van der Waals surface area contributed by atoms with Crippen molar-refractivity contribution in [3.63, 3.8) is 0 Å². The predicted molar refractivity (Wildman–Crippen MR) is 141 cm³/mol. The van der Waals surface area contributed by atoms with Crippen molar-refractivity contribution in [3.8, 4) is 22.5 Å². The molecule has 6 rings (SSSR count). The summed E-state index contributed by atoms with van der Waals surface area (Å²) in [6, 6.07) is 25.4. The maximum atomic E-state index is 12.8. The lowest BCUT2D eigenvalue weighted by molar-refractivity contribution is -0.140. The zero-order valence-corrected chi connectivity index (χ0v) is 21.3. The molecule has 38 heavy (non-hydrogen) atoms. The van der Waals surface area contributed by atoms with E-state index in [0.717, 1.165) is 39.1 Å². The molecule has 192 valence electrons. The molecule has 7 heteroatoms. The van der Waals surface area contributed by atoms with Gasteiger partial charge in [-0.15, -0.1) is 0 Å². The van der Waals surface area contributed by atoms with E-state index >= 15 is 0 Å². The zero-order valence-electron chi connectivity index (χ0n) is 21.3. The number of hydrogen-bond donors (Lipinski definition) is 1. The van der Waals surface area contributed by atoms with Crippen molar-refractivity contribution >= 4 is 12.1 Å². The van der Waals surface area contributed by atoms with Crippen molar-refractivity contribution in [2.24, 2.45) is 0 Å². The number of aryl methyl sites for hydroxylation is 1. The molecule has 1 aliphatic heterocycles.